The maximum atomic E-state index is 13.4. The van der Waals surface area contributed by atoms with E-state index >= 15 is 0 Å². The zero-order valence-electron chi connectivity index (χ0n) is 15.8. The van der Waals surface area contributed by atoms with Crippen LogP contribution in [0.5, 0.6) is 0 Å². The largest absolute Gasteiger partial charge is 0.480 e. The van der Waals surface area contributed by atoms with E-state index in [1.54, 1.807) is 30.3 Å². The topological polar surface area (TPSA) is 57.6 Å². The average molecular weight is 463 g/mol. The summed E-state index contributed by atoms with van der Waals surface area (Å²) in [5.41, 5.74) is 1.69. The first-order chi connectivity index (χ1) is 14.3. The Labute approximate surface area is 189 Å². The highest BCUT2D eigenvalue weighted by molar-refractivity contribution is 6.36. The van der Waals surface area contributed by atoms with Gasteiger partial charge in [-0.25, -0.2) is 4.79 Å². The Hall–Kier alpha value is -2.53. The lowest BCUT2D eigenvalue weighted by Crippen LogP contribution is -2.46. The third-order valence-electron chi connectivity index (χ3n) is 4.60. The summed E-state index contributed by atoms with van der Waals surface area (Å²) >= 11 is 18.3. The molecule has 0 fully saturated rings. The minimum atomic E-state index is -1.11. The number of hydrogen-bond donors (Lipinski definition) is 1. The summed E-state index contributed by atoms with van der Waals surface area (Å²) in [6.07, 6.45) is 0.147. The molecule has 3 aromatic carbocycles. The predicted molar refractivity (Wildman–Crippen MR) is 119 cm³/mol. The summed E-state index contributed by atoms with van der Waals surface area (Å²) in [7, 11) is 0. The second-order valence-electron chi connectivity index (χ2n) is 6.73. The number of amides is 1. The molecule has 0 heterocycles. The summed E-state index contributed by atoms with van der Waals surface area (Å²) in [4.78, 5) is 26.9. The van der Waals surface area contributed by atoms with Crippen molar-refractivity contribution >= 4 is 46.7 Å². The molecule has 1 amide bonds. The van der Waals surface area contributed by atoms with Gasteiger partial charge in [-0.2, -0.15) is 0 Å². The fourth-order valence-corrected chi connectivity index (χ4v) is 3.84. The third-order valence-corrected chi connectivity index (χ3v) is 5.38. The van der Waals surface area contributed by atoms with Gasteiger partial charge in [0.15, 0.2) is 0 Å². The summed E-state index contributed by atoms with van der Waals surface area (Å²) in [6.45, 7) is 0.0577. The van der Waals surface area contributed by atoms with Gasteiger partial charge in [0.25, 0.3) is 5.91 Å². The van der Waals surface area contributed by atoms with Crippen molar-refractivity contribution in [3.63, 3.8) is 0 Å². The number of nitrogens with zero attached hydrogens (tertiary/aromatic N) is 1. The molecule has 1 unspecified atom stereocenters. The molecule has 0 saturated heterocycles. The molecule has 0 spiro atoms. The van der Waals surface area contributed by atoms with Crippen molar-refractivity contribution in [2.45, 2.75) is 19.0 Å². The van der Waals surface area contributed by atoms with Crippen molar-refractivity contribution in [1.29, 1.82) is 0 Å². The molecule has 3 rings (SSSR count). The van der Waals surface area contributed by atoms with Gasteiger partial charge < -0.3 is 10.0 Å². The van der Waals surface area contributed by atoms with Crippen LogP contribution in [0.15, 0.2) is 72.8 Å². The maximum Gasteiger partial charge on any atom is 0.326 e. The Bertz CT molecular complexity index is 1060. The number of halogens is 3. The summed E-state index contributed by atoms with van der Waals surface area (Å²) in [5, 5.41) is 11.0. The van der Waals surface area contributed by atoms with Gasteiger partial charge in [0.1, 0.15) is 6.04 Å². The number of carbonyl (C=O) groups is 2. The Balaban J connectivity index is 2.02. The zero-order valence-corrected chi connectivity index (χ0v) is 18.0. The Morgan fingerprint density at radius 3 is 2.13 bits per heavy atom. The van der Waals surface area contributed by atoms with E-state index in [4.69, 9.17) is 34.8 Å². The average Bonchev–Trinajstić information content (AvgIpc) is 2.71. The van der Waals surface area contributed by atoms with Gasteiger partial charge in [0, 0.05) is 23.0 Å². The zero-order chi connectivity index (χ0) is 21.7. The molecular weight excluding hydrogens is 445 g/mol. The Morgan fingerprint density at radius 1 is 0.833 bits per heavy atom. The van der Waals surface area contributed by atoms with E-state index < -0.39 is 17.9 Å². The highest BCUT2D eigenvalue weighted by atomic mass is 35.5. The highest BCUT2D eigenvalue weighted by Crippen LogP contribution is 2.25. The van der Waals surface area contributed by atoms with E-state index in [1.165, 1.54) is 17.0 Å². The van der Waals surface area contributed by atoms with Crippen molar-refractivity contribution < 1.29 is 14.7 Å². The molecule has 0 aliphatic heterocycles. The van der Waals surface area contributed by atoms with E-state index in [1.807, 2.05) is 30.3 Å². The van der Waals surface area contributed by atoms with Crippen molar-refractivity contribution in [3.8, 4) is 0 Å². The fraction of sp³-hybridized carbons (Fsp3) is 0.130. The lowest BCUT2D eigenvalue weighted by atomic mass is 10.0. The van der Waals surface area contributed by atoms with Gasteiger partial charge >= 0.3 is 5.97 Å². The molecule has 4 nitrogen and oxygen atoms in total. The Kier molecular flexibility index (Phi) is 7.38. The molecule has 7 heteroatoms. The molecule has 0 aliphatic carbocycles. The van der Waals surface area contributed by atoms with Crippen LogP contribution < -0.4 is 0 Å². The van der Waals surface area contributed by atoms with Crippen LogP contribution in [-0.2, 0) is 17.8 Å². The van der Waals surface area contributed by atoms with Crippen LogP contribution in [0.2, 0.25) is 15.1 Å². The van der Waals surface area contributed by atoms with Gasteiger partial charge in [-0.3, -0.25) is 4.79 Å². The first-order valence-electron chi connectivity index (χ1n) is 9.12. The molecule has 3 aromatic rings. The molecule has 0 radical (unpaired) electrons. The normalized spacial score (nSPS) is 11.7. The molecule has 0 saturated carbocycles. The molecule has 0 bridgehead atoms. The molecular formula is C23H18Cl3NO3. The molecule has 154 valence electrons. The lowest BCUT2D eigenvalue weighted by Gasteiger charge is -2.30. The van der Waals surface area contributed by atoms with E-state index in [-0.39, 0.29) is 23.6 Å². The first-order valence-corrected chi connectivity index (χ1v) is 10.3. The molecule has 0 aliphatic rings. The number of carbonyl (C=O) groups excluding carboxylic acids is 1. The number of aliphatic carboxylic acids is 1. The second kappa shape index (κ2) is 9.98. The van der Waals surface area contributed by atoms with Crippen LogP contribution in [0.25, 0.3) is 0 Å². The molecule has 1 N–H and O–H groups in total. The van der Waals surface area contributed by atoms with Crippen molar-refractivity contribution in [2.24, 2.45) is 0 Å². The van der Waals surface area contributed by atoms with Crippen LogP contribution in [0.1, 0.15) is 21.5 Å². The molecule has 1 atom stereocenters. The third kappa shape index (κ3) is 5.54. The minimum absolute atomic E-state index is 0.0577. The van der Waals surface area contributed by atoms with E-state index in [0.717, 1.165) is 5.56 Å². The summed E-state index contributed by atoms with van der Waals surface area (Å²) < 4.78 is 0. The maximum absolute atomic E-state index is 13.4. The van der Waals surface area contributed by atoms with E-state index in [2.05, 4.69) is 0 Å². The van der Waals surface area contributed by atoms with Crippen LogP contribution in [0.4, 0.5) is 0 Å². The van der Waals surface area contributed by atoms with Gasteiger partial charge in [0.2, 0.25) is 0 Å². The monoisotopic (exact) mass is 461 g/mol. The number of rotatable bonds is 7. The summed E-state index contributed by atoms with van der Waals surface area (Å²) in [6, 6.07) is 19.5. The van der Waals surface area contributed by atoms with E-state index in [0.29, 0.717) is 15.6 Å². The van der Waals surface area contributed by atoms with Crippen molar-refractivity contribution in [3.05, 3.63) is 105 Å². The standard InChI is InChI=1S/C23H18Cl3NO3/c24-17-8-4-7-16(11-17)14-27(22(28)19-10-9-18(25)13-20(19)26)21(23(29)30)12-15-5-2-1-3-6-15/h1-11,13,21H,12,14H2,(H,29,30). The lowest BCUT2D eigenvalue weighted by molar-refractivity contribution is -0.142. The highest BCUT2D eigenvalue weighted by Gasteiger charge is 2.31. The van der Waals surface area contributed by atoms with Crippen LogP contribution in [-0.4, -0.2) is 27.9 Å². The Morgan fingerprint density at radius 2 is 1.50 bits per heavy atom. The minimum Gasteiger partial charge on any atom is -0.480 e. The van der Waals surface area contributed by atoms with Crippen LogP contribution in [0, 0.1) is 0 Å². The fourth-order valence-electron chi connectivity index (χ4n) is 3.14. The SMILES string of the molecule is O=C(O)C(Cc1ccccc1)N(Cc1cccc(Cl)c1)C(=O)c1ccc(Cl)cc1Cl. The van der Waals surface area contributed by atoms with Gasteiger partial charge in [-0.15, -0.1) is 0 Å². The van der Waals surface area contributed by atoms with Crippen LogP contribution >= 0.6 is 34.8 Å². The number of carboxylic acids is 1. The first kappa shape index (κ1) is 22.2. The molecule has 30 heavy (non-hydrogen) atoms. The van der Waals surface area contributed by atoms with Crippen molar-refractivity contribution in [1.82, 2.24) is 4.90 Å². The number of carboxylic acid groups (broad SMARTS) is 1. The van der Waals surface area contributed by atoms with Crippen molar-refractivity contribution in [2.75, 3.05) is 0 Å². The van der Waals surface area contributed by atoms with Gasteiger partial charge in [-0.05, 0) is 41.5 Å². The predicted octanol–water partition coefficient (Wildman–Crippen LogP) is 5.99. The summed E-state index contributed by atoms with van der Waals surface area (Å²) in [5.74, 6) is -1.61. The second-order valence-corrected chi connectivity index (χ2v) is 8.01. The van der Waals surface area contributed by atoms with Gasteiger partial charge in [0.05, 0.1) is 10.6 Å². The number of benzene rings is 3. The van der Waals surface area contributed by atoms with E-state index in [9.17, 15) is 14.7 Å². The smallest absolute Gasteiger partial charge is 0.326 e. The molecule has 0 aromatic heterocycles. The quantitative estimate of drug-likeness (QED) is 0.469. The van der Waals surface area contributed by atoms with Gasteiger partial charge in [-0.1, -0.05) is 77.3 Å². The van der Waals surface area contributed by atoms with Crippen LogP contribution in [0.3, 0.4) is 0 Å². The number of hydrogen-bond acceptors (Lipinski definition) is 2.